The SMILES string of the molecule is CN=C(N)NCCCCN1CCOCC1. The number of ether oxygens (including phenoxy) is 1. The first-order chi connectivity index (χ1) is 7.33. The fourth-order valence-corrected chi connectivity index (χ4v) is 1.58. The predicted molar refractivity (Wildman–Crippen MR) is 62.0 cm³/mol. The summed E-state index contributed by atoms with van der Waals surface area (Å²) in [7, 11) is 1.69. The number of nitrogens with one attached hydrogen (secondary N) is 1. The molecule has 0 amide bonds. The van der Waals surface area contributed by atoms with Crippen LogP contribution >= 0.6 is 0 Å². The summed E-state index contributed by atoms with van der Waals surface area (Å²) in [6.07, 6.45) is 2.33. The molecule has 5 nitrogen and oxygen atoms in total. The van der Waals surface area contributed by atoms with Gasteiger partial charge in [0.05, 0.1) is 13.2 Å². The van der Waals surface area contributed by atoms with Crippen LogP contribution in [0.1, 0.15) is 12.8 Å². The third-order valence-corrected chi connectivity index (χ3v) is 2.55. The number of hydrogen-bond donors (Lipinski definition) is 2. The van der Waals surface area contributed by atoms with Crippen molar-refractivity contribution in [2.24, 2.45) is 10.7 Å². The van der Waals surface area contributed by atoms with E-state index in [1.54, 1.807) is 7.05 Å². The first-order valence-corrected chi connectivity index (χ1v) is 5.59. The summed E-state index contributed by atoms with van der Waals surface area (Å²) in [5.74, 6) is 0.529. The molecular weight excluding hydrogens is 192 g/mol. The van der Waals surface area contributed by atoms with E-state index in [0.29, 0.717) is 5.96 Å². The second-order valence-electron chi connectivity index (χ2n) is 3.70. The Morgan fingerprint density at radius 2 is 2.13 bits per heavy atom. The molecule has 15 heavy (non-hydrogen) atoms. The van der Waals surface area contributed by atoms with E-state index < -0.39 is 0 Å². The van der Waals surface area contributed by atoms with Gasteiger partial charge in [-0.15, -0.1) is 0 Å². The summed E-state index contributed by atoms with van der Waals surface area (Å²) < 4.78 is 5.29. The molecule has 0 saturated carbocycles. The van der Waals surface area contributed by atoms with Crippen LogP contribution in [0.15, 0.2) is 4.99 Å². The van der Waals surface area contributed by atoms with E-state index in [1.807, 2.05) is 0 Å². The smallest absolute Gasteiger partial charge is 0.188 e. The van der Waals surface area contributed by atoms with Crippen LogP contribution in [0.3, 0.4) is 0 Å². The van der Waals surface area contributed by atoms with Gasteiger partial charge in [-0.25, -0.2) is 0 Å². The Balaban J connectivity index is 1.92. The van der Waals surface area contributed by atoms with Crippen molar-refractivity contribution in [3.8, 4) is 0 Å². The highest BCUT2D eigenvalue weighted by molar-refractivity contribution is 5.77. The number of unbranched alkanes of at least 4 members (excludes halogenated alkanes) is 1. The third-order valence-electron chi connectivity index (χ3n) is 2.55. The number of hydrogen-bond acceptors (Lipinski definition) is 3. The van der Waals surface area contributed by atoms with Crippen LogP contribution in [0.4, 0.5) is 0 Å². The highest BCUT2D eigenvalue weighted by Crippen LogP contribution is 1.99. The van der Waals surface area contributed by atoms with E-state index in [0.717, 1.165) is 45.8 Å². The van der Waals surface area contributed by atoms with E-state index in [4.69, 9.17) is 10.5 Å². The van der Waals surface area contributed by atoms with Gasteiger partial charge in [-0.2, -0.15) is 0 Å². The number of nitrogens with zero attached hydrogens (tertiary/aromatic N) is 2. The van der Waals surface area contributed by atoms with Crippen molar-refractivity contribution in [1.82, 2.24) is 10.2 Å². The minimum absolute atomic E-state index is 0.529. The first kappa shape index (κ1) is 12.3. The van der Waals surface area contributed by atoms with Crippen LogP contribution in [0.2, 0.25) is 0 Å². The minimum Gasteiger partial charge on any atom is -0.379 e. The largest absolute Gasteiger partial charge is 0.379 e. The van der Waals surface area contributed by atoms with Gasteiger partial charge in [-0.1, -0.05) is 0 Å². The van der Waals surface area contributed by atoms with Gasteiger partial charge in [0.1, 0.15) is 0 Å². The Hall–Kier alpha value is -0.810. The fourth-order valence-electron chi connectivity index (χ4n) is 1.58. The first-order valence-electron chi connectivity index (χ1n) is 5.59. The maximum absolute atomic E-state index is 5.51. The van der Waals surface area contributed by atoms with E-state index in [1.165, 1.54) is 6.42 Å². The van der Waals surface area contributed by atoms with Crippen molar-refractivity contribution in [1.29, 1.82) is 0 Å². The number of nitrogens with two attached hydrogens (primary N) is 1. The van der Waals surface area contributed by atoms with Gasteiger partial charge in [-0.05, 0) is 19.4 Å². The van der Waals surface area contributed by atoms with Crippen LogP contribution in [0.25, 0.3) is 0 Å². The zero-order valence-corrected chi connectivity index (χ0v) is 9.54. The van der Waals surface area contributed by atoms with Gasteiger partial charge in [0, 0.05) is 26.7 Å². The molecule has 0 aromatic rings. The lowest BCUT2D eigenvalue weighted by atomic mass is 10.3. The molecule has 0 atom stereocenters. The Kier molecular flexibility index (Phi) is 6.11. The molecule has 0 bridgehead atoms. The third kappa shape index (κ3) is 5.59. The average Bonchev–Trinajstić information content (AvgIpc) is 2.29. The lowest BCUT2D eigenvalue weighted by Gasteiger charge is -2.26. The standard InChI is InChI=1S/C10H22N4O/c1-12-10(11)13-4-2-3-5-14-6-8-15-9-7-14/h2-9H2,1H3,(H3,11,12,13). The molecule has 0 aromatic heterocycles. The van der Waals surface area contributed by atoms with Crippen molar-refractivity contribution in [2.45, 2.75) is 12.8 Å². The summed E-state index contributed by atoms with van der Waals surface area (Å²) in [5.41, 5.74) is 5.51. The van der Waals surface area contributed by atoms with Crippen molar-refractivity contribution in [3.05, 3.63) is 0 Å². The second kappa shape index (κ2) is 7.48. The summed E-state index contributed by atoms with van der Waals surface area (Å²) in [4.78, 5) is 6.28. The number of morpholine rings is 1. The highest BCUT2D eigenvalue weighted by atomic mass is 16.5. The van der Waals surface area contributed by atoms with Crippen LogP contribution < -0.4 is 11.1 Å². The zero-order valence-electron chi connectivity index (χ0n) is 9.54. The lowest BCUT2D eigenvalue weighted by molar-refractivity contribution is 0.0372. The molecule has 1 fully saturated rings. The molecule has 0 aliphatic carbocycles. The molecule has 0 unspecified atom stereocenters. The molecule has 0 radical (unpaired) electrons. The summed E-state index contributed by atoms with van der Waals surface area (Å²) in [5, 5.41) is 3.05. The monoisotopic (exact) mass is 214 g/mol. The maximum atomic E-state index is 5.51. The van der Waals surface area contributed by atoms with Crippen LogP contribution in [-0.2, 0) is 4.74 Å². The average molecular weight is 214 g/mol. The van der Waals surface area contributed by atoms with Gasteiger partial charge >= 0.3 is 0 Å². The topological polar surface area (TPSA) is 62.9 Å². The van der Waals surface area contributed by atoms with Crippen LogP contribution in [0.5, 0.6) is 0 Å². The molecule has 1 aliphatic heterocycles. The number of aliphatic imine (C=N–C) groups is 1. The van der Waals surface area contributed by atoms with Crippen LogP contribution in [-0.4, -0.2) is 57.3 Å². The Morgan fingerprint density at radius 3 is 2.80 bits per heavy atom. The second-order valence-corrected chi connectivity index (χ2v) is 3.70. The zero-order chi connectivity index (χ0) is 10.9. The van der Waals surface area contributed by atoms with E-state index in [-0.39, 0.29) is 0 Å². The summed E-state index contributed by atoms with van der Waals surface area (Å²) in [6, 6.07) is 0. The van der Waals surface area contributed by atoms with Crippen molar-refractivity contribution < 1.29 is 4.74 Å². The molecular formula is C10H22N4O. The quantitative estimate of drug-likeness (QED) is 0.372. The van der Waals surface area contributed by atoms with Gasteiger partial charge < -0.3 is 15.8 Å². The van der Waals surface area contributed by atoms with E-state index in [2.05, 4.69) is 15.2 Å². The summed E-state index contributed by atoms with van der Waals surface area (Å²) >= 11 is 0. The molecule has 88 valence electrons. The molecule has 0 spiro atoms. The predicted octanol–water partition coefficient (Wildman–Crippen LogP) is -0.367. The lowest BCUT2D eigenvalue weighted by Crippen LogP contribution is -2.37. The molecule has 1 heterocycles. The van der Waals surface area contributed by atoms with Gasteiger partial charge in [0.2, 0.25) is 0 Å². The maximum Gasteiger partial charge on any atom is 0.188 e. The normalized spacial score (nSPS) is 19.1. The van der Waals surface area contributed by atoms with Gasteiger partial charge in [-0.3, -0.25) is 9.89 Å². The molecule has 5 heteroatoms. The molecule has 3 N–H and O–H groups in total. The van der Waals surface area contributed by atoms with Crippen molar-refractivity contribution in [2.75, 3.05) is 46.4 Å². The Bertz CT molecular complexity index is 190. The summed E-state index contributed by atoms with van der Waals surface area (Å²) in [6.45, 7) is 5.99. The fraction of sp³-hybridized carbons (Fsp3) is 0.900. The number of rotatable bonds is 5. The molecule has 1 aliphatic rings. The highest BCUT2D eigenvalue weighted by Gasteiger charge is 2.08. The van der Waals surface area contributed by atoms with E-state index in [9.17, 15) is 0 Å². The van der Waals surface area contributed by atoms with Crippen LogP contribution in [0, 0.1) is 0 Å². The van der Waals surface area contributed by atoms with Crippen molar-refractivity contribution >= 4 is 5.96 Å². The number of guanidine groups is 1. The molecule has 0 aromatic carbocycles. The van der Waals surface area contributed by atoms with Crippen molar-refractivity contribution in [3.63, 3.8) is 0 Å². The Morgan fingerprint density at radius 1 is 1.40 bits per heavy atom. The minimum atomic E-state index is 0.529. The van der Waals surface area contributed by atoms with Gasteiger partial charge in [0.25, 0.3) is 0 Å². The molecule has 1 saturated heterocycles. The molecule has 1 rings (SSSR count). The Labute approximate surface area is 91.7 Å². The van der Waals surface area contributed by atoms with Gasteiger partial charge in [0.15, 0.2) is 5.96 Å². The van der Waals surface area contributed by atoms with E-state index >= 15 is 0 Å².